The Morgan fingerprint density at radius 2 is 1.86 bits per heavy atom. The second-order valence-electron chi connectivity index (χ2n) is 3.98. The average molecular weight is 191 g/mol. The van der Waals surface area contributed by atoms with Crippen LogP contribution in [-0.2, 0) is 12.8 Å². The predicted molar refractivity (Wildman–Crippen MR) is 52.6 cm³/mol. The van der Waals surface area contributed by atoms with Gasteiger partial charge in [-0.2, -0.15) is 0 Å². The lowest BCUT2D eigenvalue weighted by Crippen LogP contribution is -2.27. The first kappa shape index (κ1) is 8.12. The minimum absolute atomic E-state index is 0.308. The summed E-state index contributed by atoms with van der Waals surface area (Å²) in [6.07, 6.45) is 3.10. The third kappa shape index (κ3) is 1.16. The van der Waals surface area contributed by atoms with E-state index in [1.54, 1.807) is 0 Å². The first-order valence-electron chi connectivity index (χ1n) is 5.00. The zero-order valence-corrected chi connectivity index (χ0v) is 7.95. The predicted octanol–water partition coefficient (Wildman–Crippen LogP) is 1.23. The van der Waals surface area contributed by atoms with Gasteiger partial charge in [0.2, 0.25) is 6.79 Å². The summed E-state index contributed by atoms with van der Waals surface area (Å²) in [7, 11) is 0. The maximum atomic E-state index is 5.92. The van der Waals surface area contributed by atoms with Gasteiger partial charge in [-0.3, -0.25) is 0 Å². The quantitative estimate of drug-likeness (QED) is 0.670. The molecule has 14 heavy (non-hydrogen) atoms. The highest BCUT2D eigenvalue weighted by Gasteiger charge is 2.21. The van der Waals surface area contributed by atoms with Gasteiger partial charge < -0.3 is 15.2 Å². The fraction of sp³-hybridized carbons (Fsp3) is 0.455. The number of fused-ring (bicyclic) bond motifs is 2. The number of hydrogen-bond acceptors (Lipinski definition) is 3. The van der Waals surface area contributed by atoms with Crippen LogP contribution in [0.25, 0.3) is 0 Å². The van der Waals surface area contributed by atoms with Crippen molar-refractivity contribution in [3.05, 3.63) is 23.3 Å². The summed E-state index contributed by atoms with van der Waals surface area (Å²) < 4.78 is 10.7. The maximum Gasteiger partial charge on any atom is 0.231 e. The number of ether oxygens (including phenoxy) is 2. The lowest BCUT2D eigenvalue weighted by Gasteiger charge is -2.21. The molecule has 0 aromatic heterocycles. The number of aryl methyl sites for hydroxylation is 1. The molecule has 3 heteroatoms. The van der Waals surface area contributed by atoms with Crippen molar-refractivity contribution in [3.63, 3.8) is 0 Å². The van der Waals surface area contributed by atoms with Crippen LogP contribution in [0.5, 0.6) is 11.5 Å². The molecule has 1 aromatic rings. The van der Waals surface area contributed by atoms with E-state index in [-0.39, 0.29) is 0 Å². The second-order valence-corrected chi connectivity index (χ2v) is 3.98. The van der Waals surface area contributed by atoms with Crippen LogP contribution in [0.1, 0.15) is 17.5 Å². The SMILES string of the molecule is N[C@@H]1CCc2cc3c(cc2C1)OCO3. The molecule has 0 fully saturated rings. The van der Waals surface area contributed by atoms with E-state index in [0.717, 1.165) is 30.8 Å². The Kier molecular flexibility index (Phi) is 1.67. The van der Waals surface area contributed by atoms with Crippen molar-refractivity contribution in [2.75, 3.05) is 6.79 Å². The van der Waals surface area contributed by atoms with Gasteiger partial charge >= 0.3 is 0 Å². The summed E-state index contributed by atoms with van der Waals surface area (Å²) in [5.41, 5.74) is 8.62. The molecule has 2 aliphatic rings. The lowest BCUT2D eigenvalue weighted by molar-refractivity contribution is 0.174. The average Bonchev–Trinajstić information content (AvgIpc) is 2.61. The summed E-state index contributed by atoms with van der Waals surface area (Å²) in [5, 5.41) is 0. The van der Waals surface area contributed by atoms with Crippen molar-refractivity contribution >= 4 is 0 Å². The molecule has 1 aliphatic carbocycles. The second kappa shape index (κ2) is 2.89. The molecule has 0 saturated carbocycles. The van der Waals surface area contributed by atoms with Crippen LogP contribution in [0.3, 0.4) is 0 Å². The maximum absolute atomic E-state index is 5.92. The van der Waals surface area contributed by atoms with Crippen LogP contribution in [-0.4, -0.2) is 12.8 Å². The van der Waals surface area contributed by atoms with E-state index >= 15 is 0 Å². The highest BCUT2D eigenvalue weighted by atomic mass is 16.7. The van der Waals surface area contributed by atoms with E-state index in [2.05, 4.69) is 12.1 Å². The molecule has 1 aromatic carbocycles. The zero-order chi connectivity index (χ0) is 9.54. The van der Waals surface area contributed by atoms with Crippen molar-refractivity contribution in [2.45, 2.75) is 25.3 Å². The van der Waals surface area contributed by atoms with Gasteiger partial charge in [-0.1, -0.05) is 0 Å². The molecule has 3 nitrogen and oxygen atoms in total. The first-order valence-corrected chi connectivity index (χ1v) is 5.00. The Morgan fingerprint density at radius 3 is 2.64 bits per heavy atom. The van der Waals surface area contributed by atoms with E-state index in [0.29, 0.717) is 12.8 Å². The Balaban J connectivity index is 2.06. The normalized spacial score (nSPS) is 23.4. The van der Waals surface area contributed by atoms with Gasteiger partial charge in [-0.25, -0.2) is 0 Å². The van der Waals surface area contributed by atoms with Gasteiger partial charge in [0.15, 0.2) is 11.5 Å². The molecular weight excluding hydrogens is 178 g/mol. The van der Waals surface area contributed by atoms with Crippen molar-refractivity contribution < 1.29 is 9.47 Å². The van der Waals surface area contributed by atoms with E-state index in [9.17, 15) is 0 Å². The molecule has 0 amide bonds. The molecule has 1 aliphatic heterocycles. The number of hydrogen-bond donors (Lipinski definition) is 1. The Morgan fingerprint density at radius 1 is 1.14 bits per heavy atom. The van der Waals surface area contributed by atoms with Gasteiger partial charge in [0.1, 0.15) is 0 Å². The monoisotopic (exact) mass is 191 g/mol. The molecule has 0 bridgehead atoms. The van der Waals surface area contributed by atoms with Crippen molar-refractivity contribution in [1.82, 2.24) is 0 Å². The molecule has 0 saturated heterocycles. The molecule has 3 rings (SSSR count). The molecule has 2 N–H and O–H groups in total. The number of rotatable bonds is 0. The van der Waals surface area contributed by atoms with Crippen molar-refractivity contribution in [1.29, 1.82) is 0 Å². The first-order chi connectivity index (χ1) is 6.83. The topological polar surface area (TPSA) is 44.5 Å². The van der Waals surface area contributed by atoms with Crippen LogP contribution in [0, 0.1) is 0 Å². The van der Waals surface area contributed by atoms with Crippen molar-refractivity contribution in [2.24, 2.45) is 5.73 Å². The third-order valence-electron chi connectivity index (χ3n) is 2.96. The number of benzene rings is 1. The molecule has 0 radical (unpaired) electrons. The van der Waals surface area contributed by atoms with Gasteiger partial charge in [0.05, 0.1) is 0 Å². The van der Waals surface area contributed by atoms with E-state index in [1.807, 2.05) is 0 Å². The molecule has 74 valence electrons. The fourth-order valence-electron chi connectivity index (χ4n) is 2.17. The van der Waals surface area contributed by atoms with E-state index in [1.165, 1.54) is 11.1 Å². The van der Waals surface area contributed by atoms with Crippen molar-refractivity contribution in [3.8, 4) is 11.5 Å². The van der Waals surface area contributed by atoms with Crippen LogP contribution in [0.4, 0.5) is 0 Å². The molecule has 1 atom stereocenters. The largest absolute Gasteiger partial charge is 0.454 e. The third-order valence-corrected chi connectivity index (χ3v) is 2.96. The van der Waals surface area contributed by atoms with Crippen LogP contribution < -0.4 is 15.2 Å². The molecule has 1 heterocycles. The highest BCUT2D eigenvalue weighted by Crippen LogP contribution is 2.37. The van der Waals surface area contributed by atoms with Gasteiger partial charge in [0.25, 0.3) is 0 Å². The Hall–Kier alpha value is -1.22. The fourth-order valence-corrected chi connectivity index (χ4v) is 2.17. The van der Waals surface area contributed by atoms with E-state index < -0.39 is 0 Å². The van der Waals surface area contributed by atoms with Crippen LogP contribution >= 0.6 is 0 Å². The van der Waals surface area contributed by atoms with Gasteiger partial charge in [-0.05, 0) is 42.5 Å². The molecular formula is C11H13NO2. The van der Waals surface area contributed by atoms with Crippen LogP contribution in [0.15, 0.2) is 12.1 Å². The highest BCUT2D eigenvalue weighted by molar-refractivity contribution is 5.49. The smallest absolute Gasteiger partial charge is 0.231 e. The summed E-state index contributed by atoms with van der Waals surface area (Å²) in [6.45, 7) is 0.351. The standard InChI is InChI=1S/C11H13NO2/c12-9-2-1-7-4-10-11(14-6-13-10)5-8(7)3-9/h4-5,9H,1-3,6,12H2/t9-/m1/s1. The van der Waals surface area contributed by atoms with Gasteiger partial charge in [-0.15, -0.1) is 0 Å². The lowest BCUT2D eigenvalue weighted by atomic mass is 9.88. The summed E-state index contributed by atoms with van der Waals surface area (Å²) >= 11 is 0. The summed E-state index contributed by atoms with van der Waals surface area (Å²) in [5.74, 6) is 1.76. The minimum Gasteiger partial charge on any atom is -0.454 e. The number of nitrogens with two attached hydrogens (primary N) is 1. The molecule has 0 spiro atoms. The Bertz CT molecular complexity index is 376. The Labute approximate surface area is 82.8 Å². The minimum atomic E-state index is 0.308. The molecule has 0 unspecified atom stereocenters. The summed E-state index contributed by atoms with van der Waals surface area (Å²) in [4.78, 5) is 0. The van der Waals surface area contributed by atoms with Gasteiger partial charge in [0, 0.05) is 6.04 Å². The zero-order valence-electron chi connectivity index (χ0n) is 7.95. The summed E-state index contributed by atoms with van der Waals surface area (Å²) in [6, 6.07) is 4.49. The van der Waals surface area contributed by atoms with E-state index in [4.69, 9.17) is 15.2 Å². The van der Waals surface area contributed by atoms with Crippen LogP contribution in [0.2, 0.25) is 0 Å².